The van der Waals surface area contributed by atoms with Crippen molar-refractivity contribution in [2.24, 2.45) is 5.92 Å². The molecule has 0 saturated heterocycles. The number of fused-ring (bicyclic) bond motifs is 1. The number of nitrogens with zero attached hydrogens (tertiary/aromatic N) is 5. The maximum atomic E-state index is 13.3. The van der Waals surface area contributed by atoms with E-state index in [2.05, 4.69) is 25.4 Å². The van der Waals surface area contributed by atoms with Crippen LogP contribution in [0, 0.1) is 11.7 Å². The summed E-state index contributed by atoms with van der Waals surface area (Å²) in [6.07, 6.45) is 8.28. The van der Waals surface area contributed by atoms with Crippen LogP contribution in [0.3, 0.4) is 0 Å². The zero-order valence-corrected chi connectivity index (χ0v) is 18.4. The van der Waals surface area contributed by atoms with Crippen LogP contribution in [-0.2, 0) is 0 Å². The lowest BCUT2D eigenvalue weighted by Crippen LogP contribution is -2.13. The van der Waals surface area contributed by atoms with E-state index in [1.165, 1.54) is 25.0 Å². The molecule has 1 fully saturated rings. The predicted octanol–water partition coefficient (Wildman–Crippen LogP) is 5.39. The molecule has 1 atom stereocenters. The van der Waals surface area contributed by atoms with Gasteiger partial charge in [0.1, 0.15) is 11.6 Å². The number of ether oxygens (including phenoxy) is 1. The highest BCUT2D eigenvalue weighted by Crippen LogP contribution is 2.32. The first kappa shape index (κ1) is 21.1. The number of rotatable bonds is 7. The lowest BCUT2D eigenvalue weighted by molar-refractivity contribution is 0.234. The number of nitrogens with one attached hydrogen (secondary N) is 1. The second-order valence-electron chi connectivity index (χ2n) is 8.45. The van der Waals surface area contributed by atoms with Gasteiger partial charge in [-0.2, -0.15) is 9.97 Å². The van der Waals surface area contributed by atoms with Gasteiger partial charge in [0.05, 0.1) is 17.9 Å². The molecule has 0 unspecified atom stereocenters. The second kappa shape index (κ2) is 9.01. The van der Waals surface area contributed by atoms with Crippen LogP contribution in [0.15, 0.2) is 48.8 Å². The molecule has 5 rings (SSSR count). The molecule has 0 bridgehead atoms. The highest BCUT2D eigenvalue weighted by Gasteiger charge is 2.20. The van der Waals surface area contributed by atoms with Gasteiger partial charge in [0.25, 0.3) is 0 Å². The van der Waals surface area contributed by atoms with E-state index in [1.807, 2.05) is 13.0 Å². The molecule has 9 heteroatoms. The molecule has 0 spiro atoms. The summed E-state index contributed by atoms with van der Waals surface area (Å²) in [5.41, 5.74) is 8.98. The largest absolute Gasteiger partial charge is 0.463 e. The van der Waals surface area contributed by atoms with Crippen LogP contribution in [0.4, 0.5) is 16.0 Å². The summed E-state index contributed by atoms with van der Waals surface area (Å²) in [5, 5.41) is 7.72. The Bertz CT molecular complexity index is 1270. The lowest BCUT2D eigenvalue weighted by Gasteiger charge is -2.17. The molecule has 1 aromatic carbocycles. The van der Waals surface area contributed by atoms with E-state index in [0.29, 0.717) is 41.1 Å². The fraction of sp³-hybridized carbons (Fsp3) is 0.333. The standard InChI is InChI=1S/C24H26FN7O.3H2/c1-15(17-7-9-18(25)10-8-17)28-20-13-19(21-22(26)31-32-12-4-11-27-23(21)32)29-24(30-20)33-14-16-5-2-3-6-16;;;/h4,7-13,15-16H,2-3,5-6,14H2,1H3,(H2,26,31)(H,28,29,30);3*1H/t15-;;;/m0.../s1. The maximum Gasteiger partial charge on any atom is 0.318 e. The van der Waals surface area contributed by atoms with Crippen LogP contribution in [0.1, 0.15) is 48.5 Å². The van der Waals surface area contributed by atoms with Gasteiger partial charge in [-0.05, 0) is 49.4 Å². The molecule has 8 nitrogen and oxygen atoms in total. The summed E-state index contributed by atoms with van der Waals surface area (Å²) in [5.74, 6) is 1.16. The van der Waals surface area contributed by atoms with Crippen molar-refractivity contribution < 1.29 is 13.4 Å². The van der Waals surface area contributed by atoms with Crippen molar-refractivity contribution in [3.8, 4) is 17.3 Å². The fourth-order valence-electron chi connectivity index (χ4n) is 4.27. The number of anilines is 2. The first-order valence-electron chi connectivity index (χ1n) is 11.2. The number of hydrogen-bond donors (Lipinski definition) is 2. The first-order chi connectivity index (χ1) is 16.1. The molecule has 1 saturated carbocycles. The SMILES string of the molecule is C[C@H](Nc1cc(-c2c(N)nn3cccnc23)nc(OCC2CCCC2)n1)c1ccc(F)cc1.[HH].[HH].[HH]. The molecule has 3 N–H and O–H groups in total. The molecular weight excluding hydrogens is 421 g/mol. The summed E-state index contributed by atoms with van der Waals surface area (Å²) in [6, 6.07) is 10.2. The summed E-state index contributed by atoms with van der Waals surface area (Å²) in [4.78, 5) is 13.7. The van der Waals surface area contributed by atoms with Crippen LogP contribution < -0.4 is 15.8 Å². The van der Waals surface area contributed by atoms with E-state index in [1.54, 1.807) is 35.1 Å². The van der Waals surface area contributed by atoms with Crippen LogP contribution >= 0.6 is 0 Å². The van der Waals surface area contributed by atoms with Crippen LogP contribution in [-0.4, -0.2) is 31.2 Å². The van der Waals surface area contributed by atoms with E-state index in [-0.39, 0.29) is 22.1 Å². The van der Waals surface area contributed by atoms with Gasteiger partial charge in [0.2, 0.25) is 0 Å². The van der Waals surface area contributed by atoms with Gasteiger partial charge in [0.15, 0.2) is 11.5 Å². The van der Waals surface area contributed by atoms with Gasteiger partial charge >= 0.3 is 6.01 Å². The van der Waals surface area contributed by atoms with E-state index in [4.69, 9.17) is 10.5 Å². The summed E-state index contributed by atoms with van der Waals surface area (Å²) in [6.45, 7) is 2.57. The highest BCUT2D eigenvalue weighted by atomic mass is 19.1. The summed E-state index contributed by atoms with van der Waals surface area (Å²) >= 11 is 0. The highest BCUT2D eigenvalue weighted by molar-refractivity contribution is 5.85. The Kier molecular flexibility index (Phi) is 5.77. The smallest absolute Gasteiger partial charge is 0.318 e. The van der Waals surface area contributed by atoms with E-state index < -0.39 is 0 Å². The monoisotopic (exact) mass is 453 g/mol. The first-order valence-corrected chi connectivity index (χ1v) is 11.2. The Labute approximate surface area is 195 Å². The number of halogens is 1. The van der Waals surface area contributed by atoms with Crippen molar-refractivity contribution in [3.63, 3.8) is 0 Å². The minimum Gasteiger partial charge on any atom is -0.463 e. The number of nitrogens with two attached hydrogens (primary N) is 1. The third kappa shape index (κ3) is 4.57. The molecule has 1 aliphatic rings. The van der Waals surface area contributed by atoms with Gasteiger partial charge in [0, 0.05) is 28.8 Å². The zero-order chi connectivity index (χ0) is 22.8. The fourth-order valence-corrected chi connectivity index (χ4v) is 4.27. The van der Waals surface area contributed by atoms with Crippen molar-refractivity contribution in [3.05, 3.63) is 60.2 Å². The second-order valence-corrected chi connectivity index (χ2v) is 8.45. The topological polar surface area (TPSA) is 103 Å². The molecule has 0 amide bonds. The molecule has 33 heavy (non-hydrogen) atoms. The molecule has 0 radical (unpaired) electrons. The van der Waals surface area contributed by atoms with E-state index in [9.17, 15) is 4.39 Å². The third-order valence-corrected chi connectivity index (χ3v) is 6.04. The average Bonchev–Trinajstić information content (AvgIpc) is 3.44. The van der Waals surface area contributed by atoms with Gasteiger partial charge in [-0.3, -0.25) is 0 Å². The van der Waals surface area contributed by atoms with Crippen LogP contribution in [0.2, 0.25) is 0 Å². The Balaban J connectivity index is 0.00000152. The molecular formula is C24H32FN7O. The molecule has 3 heterocycles. The van der Waals surface area contributed by atoms with Crippen molar-refractivity contribution in [2.45, 2.75) is 38.6 Å². The van der Waals surface area contributed by atoms with E-state index in [0.717, 1.165) is 18.4 Å². The van der Waals surface area contributed by atoms with Gasteiger partial charge < -0.3 is 15.8 Å². The van der Waals surface area contributed by atoms with Gasteiger partial charge in [-0.1, -0.05) is 25.0 Å². The van der Waals surface area contributed by atoms with Gasteiger partial charge in [-0.15, -0.1) is 5.10 Å². The summed E-state index contributed by atoms with van der Waals surface area (Å²) in [7, 11) is 0. The minimum absolute atomic E-state index is 0. The van der Waals surface area contributed by atoms with Crippen molar-refractivity contribution in [2.75, 3.05) is 17.7 Å². The zero-order valence-electron chi connectivity index (χ0n) is 18.4. The average molecular weight is 454 g/mol. The Hall–Kier alpha value is -3.75. The third-order valence-electron chi connectivity index (χ3n) is 6.04. The normalized spacial score (nSPS) is 15.1. The van der Waals surface area contributed by atoms with Crippen LogP contribution in [0.5, 0.6) is 6.01 Å². The van der Waals surface area contributed by atoms with Crippen molar-refractivity contribution in [1.29, 1.82) is 0 Å². The predicted molar refractivity (Wildman–Crippen MR) is 131 cm³/mol. The van der Waals surface area contributed by atoms with Crippen molar-refractivity contribution >= 4 is 17.3 Å². The summed E-state index contributed by atoms with van der Waals surface area (Å²) < 4.78 is 21.0. The molecule has 1 aliphatic carbocycles. The quantitative estimate of drug-likeness (QED) is 0.387. The number of aromatic nitrogens is 5. The maximum absolute atomic E-state index is 13.3. The number of hydrogen-bond acceptors (Lipinski definition) is 7. The molecule has 176 valence electrons. The Morgan fingerprint density at radius 2 is 2.03 bits per heavy atom. The number of benzene rings is 1. The molecule has 4 aromatic rings. The Morgan fingerprint density at radius 1 is 1.24 bits per heavy atom. The minimum atomic E-state index is -0.270. The Morgan fingerprint density at radius 3 is 2.82 bits per heavy atom. The van der Waals surface area contributed by atoms with E-state index >= 15 is 0 Å². The van der Waals surface area contributed by atoms with Crippen LogP contribution in [0.25, 0.3) is 16.9 Å². The number of nitrogen functional groups attached to an aromatic ring is 1. The molecule has 0 aliphatic heterocycles. The molecule has 3 aromatic heterocycles. The van der Waals surface area contributed by atoms with Gasteiger partial charge in [-0.25, -0.2) is 13.9 Å². The van der Waals surface area contributed by atoms with Crippen molar-refractivity contribution in [1.82, 2.24) is 24.6 Å². The lowest BCUT2D eigenvalue weighted by atomic mass is 10.1.